The molecule has 0 saturated carbocycles. The number of H-pyrrole nitrogens is 1. The Bertz CT molecular complexity index is 557. The molecule has 0 aliphatic rings. The van der Waals surface area contributed by atoms with Crippen LogP contribution in [0.1, 0.15) is 0 Å². The molecular formula is C9H10N2O2S. The number of fused-ring (bicyclic) bond motifs is 1. The maximum absolute atomic E-state index is 11.6. The van der Waals surface area contributed by atoms with Crippen molar-refractivity contribution in [1.82, 2.24) is 9.71 Å². The Morgan fingerprint density at radius 2 is 2.07 bits per heavy atom. The van der Waals surface area contributed by atoms with Crippen LogP contribution in [0.2, 0.25) is 0 Å². The van der Waals surface area contributed by atoms with E-state index in [4.69, 9.17) is 0 Å². The number of benzene rings is 1. The molecular weight excluding hydrogens is 200 g/mol. The summed E-state index contributed by atoms with van der Waals surface area (Å²) in [6.07, 6.45) is 1.72. The second-order valence-electron chi connectivity index (χ2n) is 2.90. The lowest BCUT2D eigenvalue weighted by Gasteiger charge is -2.03. The van der Waals surface area contributed by atoms with Gasteiger partial charge >= 0.3 is 0 Å². The van der Waals surface area contributed by atoms with Crippen molar-refractivity contribution in [2.24, 2.45) is 0 Å². The third-order valence-corrected chi connectivity index (χ3v) is 3.59. The van der Waals surface area contributed by atoms with Crippen molar-refractivity contribution in [3.8, 4) is 0 Å². The van der Waals surface area contributed by atoms with E-state index in [0.717, 1.165) is 5.52 Å². The van der Waals surface area contributed by atoms with Gasteiger partial charge < -0.3 is 4.98 Å². The molecule has 5 heteroatoms. The normalized spacial score (nSPS) is 12.1. The quantitative estimate of drug-likeness (QED) is 0.779. The largest absolute Gasteiger partial charge is 0.361 e. The highest BCUT2D eigenvalue weighted by atomic mass is 32.2. The van der Waals surface area contributed by atoms with Gasteiger partial charge in [-0.25, -0.2) is 13.1 Å². The van der Waals surface area contributed by atoms with Crippen molar-refractivity contribution >= 4 is 20.9 Å². The zero-order valence-electron chi connectivity index (χ0n) is 7.61. The van der Waals surface area contributed by atoms with Crippen LogP contribution in [-0.4, -0.2) is 20.4 Å². The van der Waals surface area contributed by atoms with Crippen LogP contribution >= 0.6 is 0 Å². The Kier molecular flexibility index (Phi) is 2.05. The Morgan fingerprint density at radius 3 is 2.79 bits per heavy atom. The van der Waals surface area contributed by atoms with Gasteiger partial charge in [0, 0.05) is 17.1 Å². The molecule has 0 saturated heterocycles. The van der Waals surface area contributed by atoms with Crippen molar-refractivity contribution in [2.75, 3.05) is 7.05 Å². The van der Waals surface area contributed by atoms with Crippen LogP contribution in [0.4, 0.5) is 0 Å². The Balaban J connectivity index is 2.81. The lowest BCUT2D eigenvalue weighted by molar-refractivity contribution is 0.589. The van der Waals surface area contributed by atoms with E-state index in [0.29, 0.717) is 10.3 Å². The van der Waals surface area contributed by atoms with E-state index in [9.17, 15) is 8.42 Å². The number of aromatic nitrogens is 1. The van der Waals surface area contributed by atoms with Crippen molar-refractivity contribution in [3.63, 3.8) is 0 Å². The predicted octanol–water partition coefficient (Wildman–Crippen LogP) is 1.08. The zero-order valence-corrected chi connectivity index (χ0v) is 8.43. The summed E-state index contributed by atoms with van der Waals surface area (Å²) in [5, 5.41) is 0.710. The van der Waals surface area contributed by atoms with Crippen LogP contribution in [-0.2, 0) is 10.0 Å². The molecule has 0 aliphatic carbocycles. The first kappa shape index (κ1) is 9.23. The molecule has 0 fully saturated rings. The molecule has 74 valence electrons. The minimum absolute atomic E-state index is 0.304. The Hall–Kier alpha value is -1.33. The molecule has 0 spiro atoms. The molecule has 1 heterocycles. The maximum Gasteiger partial charge on any atom is 0.240 e. The second-order valence-corrected chi connectivity index (χ2v) is 4.76. The molecule has 4 nitrogen and oxygen atoms in total. The minimum atomic E-state index is -3.36. The molecule has 0 atom stereocenters. The maximum atomic E-state index is 11.6. The van der Waals surface area contributed by atoms with E-state index in [1.807, 2.05) is 6.07 Å². The number of rotatable bonds is 2. The molecule has 0 aliphatic heterocycles. The highest BCUT2D eigenvalue weighted by molar-refractivity contribution is 7.89. The van der Waals surface area contributed by atoms with Crippen LogP contribution in [0.3, 0.4) is 0 Å². The van der Waals surface area contributed by atoms with Gasteiger partial charge in [-0.15, -0.1) is 0 Å². The summed E-state index contributed by atoms with van der Waals surface area (Å²) in [6.45, 7) is 0. The lowest BCUT2D eigenvalue weighted by Crippen LogP contribution is -2.18. The van der Waals surface area contributed by atoms with Crippen LogP contribution in [0.15, 0.2) is 35.4 Å². The summed E-state index contributed by atoms with van der Waals surface area (Å²) in [5.41, 5.74) is 0.821. The first-order valence-electron chi connectivity index (χ1n) is 4.15. The molecule has 1 aromatic carbocycles. The second kappa shape index (κ2) is 3.11. The fraction of sp³-hybridized carbons (Fsp3) is 0.111. The number of aromatic amines is 1. The molecule has 0 unspecified atom stereocenters. The predicted molar refractivity (Wildman–Crippen MR) is 54.5 cm³/mol. The van der Waals surface area contributed by atoms with E-state index >= 15 is 0 Å². The number of hydrogen-bond donors (Lipinski definition) is 2. The van der Waals surface area contributed by atoms with E-state index in [1.54, 1.807) is 24.4 Å². The lowest BCUT2D eigenvalue weighted by atomic mass is 10.2. The van der Waals surface area contributed by atoms with Gasteiger partial charge in [0.15, 0.2) is 0 Å². The summed E-state index contributed by atoms with van der Waals surface area (Å²) in [5.74, 6) is 0. The molecule has 14 heavy (non-hydrogen) atoms. The SMILES string of the molecule is CNS(=O)(=O)c1cccc2[nH]ccc12. The zero-order chi connectivity index (χ0) is 10.2. The summed E-state index contributed by atoms with van der Waals surface area (Å²) in [7, 11) is -1.96. The average molecular weight is 210 g/mol. The highest BCUT2D eigenvalue weighted by Crippen LogP contribution is 2.21. The van der Waals surface area contributed by atoms with E-state index in [2.05, 4.69) is 9.71 Å². The minimum Gasteiger partial charge on any atom is -0.361 e. The Morgan fingerprint density at radius 1 is 1.29 bits per heavy atom. The van der Waals surface area contributed by atoms with Gasteiger partial charge in [-0.3, -0.25) is 0 Å². The number of sulfonamides is 1. The summed E-state index contributed by atoms with van der Waals surface area (Å²) in [4.78, 5) is 3.27. The topological polar surface area (TPSA) is 62.0 Å². The van der Waals surface area contributed by atoms with Gasteiger partial charge in [-0.2, -0.15) is 0 Å². The molecule has 2 aromatic rings. The smallest absolute Gasteiger partial charge is 0.240 e. The molecule has 1 aromatic heterocycles. The van der Waals surface area contributed by atoms with Gasteiger partial charge in [0.05, 0.1) is 4.90 Å². The number of nitrogens with one attached hydrogen (secondary N) is 2. The summed E-state index contributed by atoms with van der Waals surface area (Å²) in [6, 6.07) is 6.88. The van der Waals surface area contributed by atoms with Crippen LogP contribution in [0, 0.1) is 0 Å². The van der Waals surface area contributed by atoms with Crippen LogP contribution in [0.5, 0.6) is 0 Å². The molecule has 0 radical (unpaired) electrons. The van der Waals surface area contributed by atoms with E-state index in [-0.39, 0.29) is 0 Å². The summed E-state index contributed by atoms with van der Waals surface area (Å²) < 4.78 is 25.5. The standard InChI is InChI=1S/C9H10N2O2S/c1-10-14(12,13)9-4-2-3-8-7(9)5-6-11-8/h2-6,10-11H,1H3. The van der Waals surface area contributed by atoms with Gasteiger partial charge in [0.1, 0.15) is 0 Å². The van der Waals surface area contributed by atoms with Crippen molar-refractivity contribution in [2.45, 2.75) is 4.90 Å². The van der Waals surface area contributed by atoms with E-state index < -0.39 is 10.0 Å². The fourth-order valence-corrected chi connectivity index (χ4v) is 2.35. The third-order valence-electron chi connectivity index (χ3n) is 2.11. The van der Waals surface area contributed by atoms with Crippen LogP contribution in [0.25, 0.3) is 10.9 Å². The van der Waals surface area contributed by atoms with Crippen molar-refractivity contribution < 1.29 is 8.42 Å². The molecule has 2 rings (SSSR count). The highest BCUT2D eigenvalue weighted by Gasteiger charge is 2.14. The summed E-state index contributed by atoms with van der Waals surface area (Å²) >= 11 is 0. The fourth-order valence-electron chi connectivity index (χ4n) is 1.40. The number of hydrogen-bond acceptors (Lipinski definition) is 2. The Labute approximate surface area is 82.0 Å². The van der Waals surface area contributed by atoms with Gasteiger partial charge in [-0.1, -0.05) is 6.07 Å². The first-order valence-corrected chi connectivity index (χ1v) is 5.63. The third kappa shape index (κ3) is 1.30. The van der Waals surface area contributed by atoms with E-state index in [1.165, 1.54) is 7.05 Å². The monoisotopic (exact) mass is 210 g/mol. The molecule has 0 amide bonds. The van der Waals surface area contributed by atoms with Crippen molar-refractivity contribution in [1.29, 1.82) is 0 Å². The van der Waals surface area contributed by atoms with Gasteiger partial charge in [0.25, 0.3) is 0 Å². The van der Waals surface area contributed by atoms with Gasteiger partial charge in [0.2, 0.25) is 10.0 Å². The van der Waals surface area contributed by atoms with Crippen molar-refractivity contribution in [3.05, 3.63) is 30.5 Å². The molecule has 0 bridgehead atoms. The van der Waals surface area contributed by atoms with Gasteiger partial charge in [-0.05, 0) is 25.2 Å². The average Bonchev–Trinajstić information content (AvgIpc) is 2.64. The van der Waals surface area contributed by atoms with Crippen LogP contribution < -0.4 is 4.72 Å². The molecule has 2 N–H and O–H groups in total. The first-order chi connectivity index (χ1) is 6.65.